The fraction of sp³-hybridized carbons (Fsp3) is 0.643. The third kappa shape index (κ3) is 4.79. The highest BCUT2D eigenvalue weighted by atomic mass is 35.5. The van der Waals surface area contributed by atoms with Crippen LogP contribution in [0.5, 0.6) is 0 Å². The molecule has 0 radical (unpaired) electrons. The summed E-state index contributed by atoms with van der Waals surface area (Å²) in [6, 6.07) is 2.11. The second-order valence-corrected chi connectivity index (χ2v) is 5.97. The van der Waals surface area contributed by atoms with Crippen LogP contribution in [0.1, 0.15) is 45.8 Å². The molecule has 19 heavy (non-hydrogen) atoms. The third-order valence-electron chi connectivity index (χ3n) is 3.36. The molecule has 108 valence electrons. The average Bonchev–Trinajstić information content (AvgIpc) is 2.66. The van der Waals surface area contributed by atoms with Crippen molar-refractivity contribution in [2.45, 2.75) is 38.5 Å². The molecule has 1 heterocycles. The molecule has 0 spiro atoms. The molecule has 0 saturated carbocycles. The van der Waals surface area contributed by atoms with Gasteiger partial charge in [-0.05, 0) is 57.3 Å². The fourth-order valence-electron chi connectivity index (χ4n) is 2.33. The Hall–Kier alpha value is -0.580. The van der Waals surface area contributed by atoms with Crippen LogP contribution >= 0.6 is 23.7 Å². The summed E-state index contributed by atoms with van der Waals surface area (Å²) in [5.74, 6) is 0.101. The van der Waals surface area contributed by atoms with E-state index < -0.39 is 0 Å². The summed E-state index contributed by atoms with van der Waals surface area (Å²) in [6.07, 6.45) is 7.16. The number of carbonyl (C=O) groups excluding carboxylic acids is 1. The minimum absolute atomic E-state index is 0. The smallest absolute Gasteiger partial charge is 0.261 e. The number of hydrogen-bond donors (Lipinski definition) is 2. The molecule has 0 fully saturated rings. The van der Waals surface area contributed by atoms with Crippen molar-refractivity contribution >= 4 is 29.7 Å². The lowest BCUT2D eigenvalue weighted by Gasteiger charge is -2.02. The molecule has 5 heteroatoms. The number of hydrogen-bond acceptors (Lipinski definition) is 3. The highest BCUT2D eigenvalue weighted by molar-refractivity contribution is 7.14. The van der Waals surface area contributed by atoms with Crippen LogP contribution in [-0.2, 0) is 12.8 Å². The first-order valence-electron chi connectivity index (χ1n) is 6.85. The predicted octanol–water partition coefficient (Wildman–Crippen LogP) is 2.78. The van der Waals surface area contributed by atoms with E-state index in [-0.39, 0.29) is 18.3 Å². The third-order valence-corrected chi connectivity index (χ3v) is 4.60. The summed E-state index contributed by atoms with van der Waals surface area (Å²) in [4.78, 5) is 14.3. The monoisotopic (exact) mass is 302 g/mol. The first-order valence-corrected chi connectivity index (χ1v) is 7.67. The lowest BCUT2D eigenvalue weighted by atomic mass is 10.1. The largest absolute Gasteiger partial charge is 0.351 e. The Morgan fingerprint density at radius 1 is 1.26 bits per heavy atom. The van der Waals surface area contributed by atoms with E-state index >= 15 is 0 Å². The van der Waals surface area contributed by atoms with Gasteiger partial charge in [-0.2, -0.15) is 0 Å². The van der Waals surface area contributed by atoms with Gasteiger partial charge in [0.25, 0.3) is 5.91 Å². The van der Waals surface area contributed by atoms with Crippen LogP contribution in [0.2, 0.25) is 0 Å². The highest BCUT2D eigenvalue weighted by Gasteiger charge is 2.15. The molecule has 0 saturated heterocycles. The molecule has 0 aliphatic heterocycles. The molecule has 2 rings (SSSR count). The number of thiophene rings is 1. The molecule has 1 aliphatic rings. The number of fused-ring (bicyclic) bond motifs is 1. The normalized spacial score (nSPS) is 14.2. The predicted molar refractivity (Wildman–Crippen MR) is 83.7 cm³/mol. The van der Waals surface area contributed by atoms with Crippen LogP contribution in [-0.4, -0.2) is 26.0 Å². The van der Waals surface area contributed by atoms with Crippen molar-refractivity contribution < 1.29 is 4.79 Å². The van der Waals surface area contributed by atoms with Gasteiger partial charge in [0.1, 0.15) is 0 Å². The van der Waals surface area contributed by atoms with E-state index in [0.29, 0.717) is 0 Å². The van der Waals surface area contributed by atoms with E-state index in [1.54, 1.807) is 11.3 Å². The molecule has 0 bridgehead atoms. The van der Waals surface area contributed by atoms with Crippen LogP contribution in [0.15, 0.2) is 6.07 Å². The van der Waals surface area contributed by atoms with Crippen molar-refractivity contribution in [1.82, 2.24) is 10.6 Å². The number of aryl methyl sites for hydroxylation is 2. The van der Waals surface area contributed by atoms with Crippen LogP contribution in [0, 0.1) is 0 Å². The molecule has 3 nitrogen and oxygen atoms in total. The van der Waals surface area contributed by atoms with Gasteiger partial charge in [0.2, 0.25) is 0 Å². The Morgan fingerprint density at radius 3 is 2.84 bits per heavy atom. The molecular formula is C14H23ClN2OS. The summed E-state index contributed by atoms with van der Waals surface area (Å²) >= 11 is 1.69. The first kappa shape index (κ1) is 16.5. The molecule has 1 aliphatic carbocycles. The zero-order valence-corrected chi connectivity index (χ0v) is 13.1. The van der Waals surface area contributed by atoms with Crippen molar-refractivity contribution in [2.24, 2.45) is 0 Å². The lowest BCUT2D eigenvalue weighted by Crippen LogP contribution is -2.25. The van der Waals surface area contributed by atoms with Crippen LogP contribution < -0.4 is 10.6 Å². The first-order chi connectivity index (χ1) is 8.81. The maximum absolute atomic E-state index is 12.0. The summed E-state index contributed by atoms with van der Waals surface area (Å²) in [5.41, 5.74) is 1.41. The lowest BCUT2D eigenvalue weighted by molar-refractivity contribution is 0.0957. The SMILES string of the molecule is CNCCCNC(=O)c1cc2c(s1)CCCCC2.Cl. The second kappa shape index (κ2) is 8.56. The standard InChI is InChI=1S/C14H22N2OS.ClH/c1-15-8-5-9-16-14(17)13-10-11-6-3-2-4-7-12(11)18-13;/h10,15H,2-9H2,1H3,(H,16,17);1H. The van der Waals surface area contributed by atoms with E-state index in [0.717, 1.165) is 37.2 Å². The number of carbonyl (C=O) groups is 1. The molecule has 1 amide bonds. The van der Waals surface area contributed by atoms with Gasteiger partial charge in [-0.3, -0.25) is 4.79 Å². The number of amides is 1. The van der Waals surface area contributed by atoms with Gasteiger partial charge in [-0.25, -0.2) is 0 Å². The Kier molecular flexibility index (Phi) is 7.42. The minimum atomic E-state index is 0. The zero-order valence-electron chi connectivity index (χ0n) is 11.5. The maximum atomic E-state index is 12.0. The van der Waals surface area contributed by atoms with Crippen molar-refractivity contribution in [2.75, 3.05) is 20.1 Å². The van der Waals surface area contributed by atoms with Crippen LogP contribution in [0.4, 0.5) is 0 Å². The highest BCUT2D eigenvalue weighted by Crippen LogP contribution is 2.28. The molecular weight excluding hydrogens is 280 g/mol. The summed E-state index contributed by atoms with van der Waals surface area (Å²) in [7, 11) is 1.93. The van der Waals surface area contributed by atoms with Crippen molar-refractivity contribution in [3.63, 3.8) is 0 Å². The van der Waals surface area contributed by atoms with Crippen molar-refractivity contribution in [1.29, 1.82) is 0 Å². The molecule has 0 aromatic carbocycles. The minimum Gasteiger partial charge on any atom is -0.351 e. The van der Waals surface area contributed by atoms with E-state index in [1.807, 2.05) is 7.05 Å². The Bertz CT molecular complexity index is 383. The molecule has 1 aromatic rings. The average molecular weight is 303 g/mol. The number of nitrogens with one attached hydrogen (secondary N) is 2. The zero-order chi connectivity index (χ0) is 12.8. The van der Waals surface area contributed by atoms with Gasteiger partial charge < -0.3 is 10.6 Å². The number of halogens is 1. The van der Waals surface area contributed by atoms with Crippen molar-refractivity contribution in [3.8, 4) is 0 Å². The quantitative estimate of drug-likeness (QED) is 0.649. The van der Waals surface area contributed by atoms with Gasteiger partial charge in [0.15, 0.2) is 0 Å². The molecule has 2 N–H and O–H groups in total. The van der Waals surface area contributed by atoms with Gasteiger partial charge in [0, 0.05) is 11.4 Å². The van der Waals surface area contributed by atoms with E-state index in [1.165, 1.54) is 29.7 Å². The summed E-state index contributed by atoms with van der Waals surface area (Å²) in [5, 5.41) is 6.07. The summed E-state index contributed by atoms with van der Waals surface area (Å²) < 4.78 is 0. The van der Waals surface area contributed by atoms with E-state index in [9.17, 15) is 4.79 Å². The van der Waals surface area contributed by atoms with Gasteiger partial charge in [-0.1, -0.05) is 6.42 Å². The van der Waals surface area contributed by atoms with Gasteiger partial charge >= 0.3 is 0 Å². The maximum Gasteiger partial charge on any atom is 0.261 e. The van der Waals surface area contributed by atoms with Crippen molar-refractivity contribution in [3.05, 3.63) is 21.4 Å². The van der Waals surface area contributed by atoms with Crippen LogP contribution in [0.3, 0.4) is 0 Å². The second-order valence-electron chi connectivity index (χ2n) is 4.83. The van der Waals surface area contributed by atoms with Gasteiger partial charge in [0.05, 0.1) is 4.88 Å². The Balaban J connectivity index is 0.00000180. The van der Waals surface area contributed by atoms with E-state index in [2.05, 4.69) is 16.7 Å². The number of rotatable bonds is 5. The molecule has 0 atom stereocenters. The Morgan fingerprint density at radius 2 is 2.05 bits per heavy atom. The van der Waals surface area contributed by atoms with Crippen LogP contribution in [0.25, 0.3) is 0 Å². The fourth-order valence-corrected chi connectivity index (χ4v) is 3.50. The molecule has 0 unspecified atom stereocenters. The van der Waals surface area contributed by atoms with E-state index in [4.69, 9.17) is 0 Å². The summed E-state index contributed by atoms with van der Waals surface area (Å²) in [6.45, 7) is 1.70. The molecule has 1 aromatic heterocycles. The Labute approximate surface area is 125 Å². The van der Waals surface area contributed by atoms with Gasteiger partial charge in [-0.15, -0.1) is 23.7 Å². The topological polar surface area (TPSA) is 41.1 Å².